The fraction of sp³-hybridized carbons (Fsp3) is 0.222. The molecule has 0 nitrogen and oxygen atoms in total. The van der Waals surface area contributed by atoms with Crippen molar-refractivity contribution in [3.63, 3.8) is 0 Å². The van der Waals surface area contributed by atoms with Gasteiger partial charge in [-0.3, -0.25) is 5.92 Å². The first-order chi connectivity index (χ1) is 17.1. The van der Waals surface area contributed by atoms with Crippen LogP contribution in [0.2, 0.25) is 0 Å². The van der Waals surface area contributed by atoms with E-state index in [4.69, 9.17) is 0 Å². The molecule has 186 valence electrons. The van der Waals surface area contributed by atoms with Gasteiger partial charge in [0.2, 0.25) is 0 Å². The maximum Gasteiger partial charge on any atom is 4.00 e. The van der Waals surface area contributed by atoms with Gasteiger partial charge >= 0.3 is 26.2 Å². The minimum atomic E-state index is -0.0969. The van der Waals surface area contributed by atoms with Gasteiger partial charge in [0, 0.05) is 5.41 Å². The summed E-state index contributed by atoms with van der Waals surface area (Å²) in [6, 6.07) is 40.5. The van der Waals surface area contributed by atoms with Crippen LogP contribution in [0.3, 0.4) is 0 Å². The number of hydrogen-bond acceptors (Lipinski definition) is 0. The Morgan fingerprint density at radius 3 is 1.49 bits per heavy atom. The van der Waals surface area contributed by atoms with Crippen molar-refractivity contribution in [1.82, 2.24) is 0 Å². The van der Waals surface area contributed by atoms with Gasteiger partial charge in [-0.05, 0) is 0 Å². The van der Waals surface area contributed by atoms with Crippen molar-refractivity contribution in [2.24, 2.45) is 10.8 Å². The first-order valence-corrected chi connectivity index (χ1v) is 12.4. The van der Waals surface area contributed by atoms with Gasteiger partial charge in [0.1, 0.15) is 0 Å². The summed E-state index contributed by atoms with van der Waals surface area (Å²) in [6.07, 6.45) is 7.16. The van der Waals surface area contributed by atoms with E-state index in [1.165, 1.54) is 0 Å². The first-order valence-electron chi connectivity index (χ1n) is 12.4. The predicted octanol–water partition coefficient (Wildman–Crippen LogP) is 9.56. The molecular weight excluding hydrogens is 524 g/mol. The largest absolute Gasteiger partial charge is 4.00 e. The smallest absolute Gasteiger partial charge is 0.273 e. The molecule has 0 aliphatic heterocycles. The Hall–Kier alpha value is -2.94. The Morgan fingerprint density at radius 2 is 1.11 bits per heavy atom. The second-order valence-corrected chi connectivity index (χ2v) is 10.4. The number of hydrogen-bond donors (Lipinski definition) is 0. The molecule has 0 aromatic heterocycles. The molecule has 0 bridgehead atoms. The summed E-state index contributed by atoms with van der Waals surface area (Å²) < 4.78 is 0. The summed E-state index contributed by atoms with van der Waals surface area (Å²) in [5.74, 6) is 6.76. The van der Waals surface area contributed by atoms with Crippen molar-refractivity contribution in [3.05, 3.63) is 150 Å². The van der Waals surface area contributed by atoms with Crippen molar-refractivity contribution >= 4 is 5.57 Å². The van der Waals surface area contributed by atoms with E-state index in [1.54, 1.807) is 0 Å². The van der Waals surface area contributed by atoms with E-state index >= 15 is 0 Å². The molecule has 4 aromatic carbocycles. The molecule has 0 saturated carbocycles. The Labute approximate surface area is 245 Å². The monoisotopic (exact) mass is 560 g/mol. The van der Waals surface area contributed by atoms with Crippen molar-refractivity contribution in [2.45, 2.75) is 41.5 Å². The average molecular weight is 562 g/mol. The van der Waals surface area contributed by atoms with Crippen LogP contribution in [-0.2, 0) is 26.2 Å². The fourth-order valence-electron chi connectivity index (χ4n) is 2.97. The van der Waals surface area contributed by atoms with Crippen molar-refractivity contribution in [2.75, 3.05) is 0 Å². The van der Waals surface area contributed by atoms with Crippen LogP contribution in [0.4, 0.5) is 0 Å². The summed E-state index contributed by atoms with van der Waals surface area (Å²) in [6.45, 7) is 12.8. The molecule has 37 heavy (non-hydrogen) atoms. The molecule has 0 aliphatic carbocycles. The Kier molecular flexibility index (Phi) is 14.5. The average Bonchev–Trinajstić information content (AvgIpc) is 3.60. The molecule has 0 radical (unpaired) electrons. The molecule has 1 heteroatoms. The second kappa shape index (κ2) is 16.7. The molecule has 4 aromatic rings. The van der Waals surface area contributed by atoms with E-state index < -0.39 is 0 Å². The minimum Gasteiger partial charge on any atom is -0.273 e. The van der Waals surface area contributed by atoms with Crippen LogP contribution in [0.25, 0.3) is 5.57 Å². The summed E-state index contributed by atoms with van der Waals surface area (Å²) in [7, 11) is 0. The van der Waals surface area contributed by atoms with Gasteiger partial charge in [-0.15, -0.1) is 35.4 Å². The number of rotatable bonds is 3. The van der Waals surface area contributed by atoms with Crippen molar-refractivity contribution in [3.8, 4) is 11.8 Å². The molecule has 0 fully saturated rings. The van der Waals surface area contributed by atoms with Gasteiger partial charge in [-0.2, -0.15) is 48.4 Å². The van der Waals surface area contributed by atoms with Crippen LogP contribution in [0.15, 0.2) is 127 Å². The van der Waals surface area contributed by atoms with Crippen molar-refractivity contribution < 1.29 is 26.2 Å². The van der Waals surface area contributed by atoms with Gasteiger partial charge in [0.05, 0.1) is 0 Å². The second-order valence-electron chi connectivity index (χ2n) is 10.4. The molecule has 0 unspecified atom stereocenters. The quantitative estimate of drug-likeness (QED) is 0.101. The molecule has 0 amide bonds. The third kappa shape index (κ3) is 15.0. The van der Waals surface area contributed by atoms with E-state index in [-0.39, 0.29) is 37.0 Å². The molecule has 0 saturated heterocycles. The Bertz CT molecular complexity index is 1140. The van der Waals surface area contributed by atoms with E-state index in [1.807, 2.05) is 97.1 Å². The third-order valence-corrected chi connectivity index (χ3v) is 4.53. The molecule has 0 heterocycles. The van der Waals surface area contributed by atoms with E-state index in [9.17, 15) is 0 Å². The fourth-order valence-corrected chi connectivity index (χ4v) is 2.97. The molecule has 0 atom stereocenters. The van der Waals surface area contributed by atoms with Gasteiger partial charge < -0.3 is 0 Å². The van der Waals surface area contributed by atoms with Crippen LogP contribution < -0.4 is 0 Å². The van der Waals surface area contributed by atoms with E-state index in [0.717, 1.165) is 22.3 Å². The molecule has 0 aliphatic rings. The molecule has 0 N–H and O–H groups in total. The zero-order valence-corrected chi connectivity index (χ0v) is 25.5. The minimum absolute atomic E-state index is 0. The van der Waals surface area contributed by atoms with E-state index in [0.29, 0.717) is 0 Å². The Balaban J connectivity index is 0.000000512. The van der Waals surface area contributed by atoms with Crippen LogP contribution >= 0.6 is 0 Å². The van der Waals surface area contributed by atoms with E-state index in [2.05, 4.69) is 89.8 Å². The summed E-state index contributed by atoms with van der Waals surface area (Å²) in [4.78, 5) is 0. The Morgan fingerprint density at radius 1 is 0.649 bits per heavy atom. The zero-order valence-electron chi connectivity index (χ0n) is 23.0. The normalized spacial score (nSPS) is 11.4. The number of allylic oxidation sites excluding steroid dienone is 3. The first kappa shape index (κ1) is 32.1. The van der Waals surface area contributed by atoms with Crippen LogP contribution in [0.5, 0.6) is 0 Å². The standard InChI is InChI=1S/C26H28.2C5H5.Zr/c1-25(2,3)18-17-23(20-26(4,5)6)24(22-15-11-8-12-16-22)19-21-13-9-7-10-14-21;2*1-2-4-5-3-1;/h7-16H,1-6H3;2*1-5H;/q-2;2*-1;+4. The van der Waals surface area contributed by atoms with Crippen LogP contribution in [0, 0.1) is 34.8 Å². The molecule has 0 spiro atoms. The number of benzene rings is 2. The zero-order chi connectivity index (χ0) is 26.3. The predicted molar refractivity (Wildman–Crippen MR) is 156 cm³/mol. The van der Waals surface area contributed by atoms with Gasteiger partial charge in [0.15, 0.2) is 0 Å². The van der Waals surface area contributed by atoms with Gasteiger partial charge in [-0.25, -0.2) is 41.5 Å². The topological polar surface area (TPSA) is 0 Å². The SMILES string of the molecule is CC(C)(C)C#CC(=[C-]C(C)(C)C)C(=[C-]c1ccccc1)c1ccccc1.[Zr+4].c1cc[cH-]c1.c1cc[cH-]c1. The molecular formula is C36H38Zr. The maximum absolute atomic E-state index is 3.59. The van der Waals surface area contributed by atoms with Crippen LogP contribution in [-0.4, -0.2) is 0 Å². The maximum atomic E-state index is 3.59. The summed E-state index contributed by atoms with van der Waals surface area (Å²) in [5.41, 5.74) is 3.87. The summed E-state index contributed by atoms with van der Waals surface area (Å²) >= 11 is 0. The van der Waals surface area contributed by atoms with Gasteiger partial charge in [-0.1, -0.05) is 83.4 Å². The summed E-state index contributed by atoms with van der Waals surface area (Å²) in [5, 5.41) is 0. The van der Waals surface area contributed by atoms with Crippen LogP contribution in [0.1, 0.15) is 52.7 Å². The molecule has 4 rings (SSSR count). The third-order valence-electron chi connectivity index (χ3n) is 4.53. The van der Waals surface area contributed by atoms with Crippen molar-refractivity contribution in [1.29, 1.82) is 0 Å². The van der Waals surface area contributed by atoms with Gasteiger partial charge in [0.25, 0.3) is 0 Å².